The second kappa shape index (κ2) is 6.26. The van der Waals surface area contributed by atoms with E-state index in [0.717, 1.165) is 16.5 Å². The molecule has 2 rings (SSSR count). The number of urea groups is 1. The Morgan fingerprint density at radius 1 is 1.30 bits per heavy atom. The first kappa shape index (κ1) is 14.8. The van der Waals surface area contributed by atoms with Crippen LogP contribution in [-0.4, -0.2) is 23.1 Å². The van der Waals surface area contributed by atoms with Gasteiger partial charge in [0.1, 0.15) is 0 Å². The number of hydrogen-bond donors (Lipinski definition) is 3. The van der Waals surface area contributed by atoms with Crippen molar-refractivity contribution in [3.63, 3.8) is 0 Å². The lowest BCUT2D eigenvalue weighted by molar-refractivity contribution is -0.142. The van der Waals surface area contributed by atoms with Crippen molar-refractivity contribution in [3.05, 3.63) is 28.2 Å². The van der Waals surface area contributed by atoms with Gasteiger partial charge < -0.3 is 15.7 Å². The average molecular weight is 341 g/mol. The van der Waals surface area contributed by atoms with E-state index in [9.17, 15) is 9.59 Å². The predicted octanol–water partition coefficient (Wildman–Crippen LogP) is 3.13. The maximum Gasteiger partial charge on any atom is 0.319 e. The molecule has 0 aromatic heterocycles. The molecule has 0 bridgehead atoms. The molecular weight excluding hydrogens is 324 g/mol. The van der Waals surface area contributed by atoms with Crippen molar-refractivity contribution in [2.24, 2.45) is 5.92 Å². The van der Waals surface area contributed by atoms with Gasteiger partial charge in [-0.3, -0.25) is 4.79 Å². The van der Waals surface area contributed by atoms with E-state index in [1.807, 2.05) is 19.1 Å². The van der Waals surface area contributed by atoms with E-state index in [1.165, 1.54) is 0 Å². The number of nitrogens with one attached hydrogen (secondary N) is 2. The molecular formula is C14H17BrN2O3. The van der Waals surface area contributed by atoms with E-state index in [4.69, 9.17) is 5.11 Å². The van der Waals surface area contributed by atoms with Gasteiger partial charge in [0.2, 0.25) is 0 Å². The number of aryl methyl sites for hydroxylation is 1. The van der Waals surface area contributed by atoms with Gasteiger partial charge in [0.25, 0.3) is 0 Å². The van der Waals surface area contributed by atoms with Crippen molar-refractivity contribution in [2.75, 3.05) is 5.32 Å². The lowest BCUT2D eigenvalue weighted by Crippen LogP contribution is -2.42. The fourth-order valence-electron chi connectivity index (χ4n) is 2.57. The Morgan fingerprint density at radius 3 is 2.70 bits per heavy atom. The van der Waals surface area contributed by atoms with Gasteiger partial charge >= 0.3 is 12.0 Å². The molecule has 1 aromatic rings. The third kappa shape index (κ3) is 3.72. The van der Waals surface area contributed by atoms with Crippen LogP contribution in [0.2, 0.25) is 0 Å². The smallest absolute Gasteiger partial charge is 0.319 e. The minimum Gasteiger partial charge on any atom is -0.481 e. The predicted molar refractivity (Wildman–Crippen MR) is 79.8 cm³/mol. The molecule has 5 nitrogen and oxygen atoms in total. The highest BCUT2D eigenvalue weighted by Gasteiger charge is 2.33. The summed E-state index contributed by atoms with van der Waals surface area (Å²) in [7, 11) is 0. The van der Waals surface area contributed by atoms with Crippen LogP contribution in [-0.2, 0) is 4.79 Å². The number of amides is 2. The highest BCUT2D eigenvalue weighted by atomic mass is 79.9. The Bertz CT molecular complexity index is 513. The van der Waals surface area contributed by atoms with E-state index < -0.39 is 11.9 Å². The third-order valence-corrected chi connectivity index (χ3v) is 3.91. The summed E-state index contributed by atoms with van der Waals surface area (Å²) in [5, 5.41) is 14.6. The Morgan fingerprint density at radius 2 is 2.05 bits per heavy atom. The van der Waals surface area contributed by atoms with Crippen molar-refractivity contribution < 1.29 is 14.7 Å². The molecule has 1 aromatic carbocycles. The summed E-state index contributed by atoms with van der Waals surface area (Å²) in [6.45, 7) is 1.94. The van der Waals surface area contributed by atoms with Gasteiger partial charge in [-0.15, -0.1) is 0 Å². The number of halogens is 1. The van der Waals surface area contributed by atoms with E-state index in [-0.39, 0.29) is 12.1 Å². The maximum absolute atomic E-state index is 11.9. The van der Waals surface area contributed by atoms with Gasteiger partial charge in [-0.25, -0.2) is 4.79 Å². The van der Waals surface area contributed by atoms with Crippen LogP contribution in [0, 0.1) is 12.8 Å². The van der Waals surface area contributed by atoms with Gasteiger partial charge in [-0.1, -0.05) is 22.4 Å². The summed E-state index contributed by atoms with van der Waals surface area (Å²) >= 11 is 3.37. The molecule has 0 heterocycles. The number of hydrogen-bond acceptors (Lipinski definition) is 2. The number of carboxylic acid groups (broad SMARTS) is 1. The molecule has 1 aliphatic rings. The van der Waals surface area contributed by atoms with Crippen LogP contribution >= 0.6 is 15.9 Å². The van der Waals surface area contributed by atoms with Gasteiger partial charge in [0, 0.05) is 16.2 Å². The summed E-state index contributed by atoms with van der Waals surface area (Å²) in [6, 6.07) is 4.95. The highest BCUT2D eigenvalue weighted by molar-refractivity contribution is 9.10. The standard InChI is InChI=1S/C14H17BrN2O3/c1-8-5-9(15)7-10(6-8)16-14(20)17-12-4-2-3-11(12)13(18)19/h5-7,11-12H,2-4H2,1H3,(H,18,19)(H2,16,17,20). The molecule has 6 heteroatoms. The fraction of sp³-hybridized carbons (Fsp3) is 0.429. The quantitative estimate of drug-likeness (QED) is 0.790. The van der Waals surface area contributed by atoms with Crippen molar-refractivity contribution in [1.82, 2.24) is 5.32 Å². The summed E-state index contributed by atoms with van der Waals surface area (Å²) in [5.41, 5.74) is 1.71. The van der Waals surface area contributed by atoms with Crippen molar-refractivity contribution >= 4 is 33.6 Å². The maximum atomic E-state index is 11.9. The molecule has 2 unspecified atom stereocenters. The van der Waals surface area contributed by atoms with Crippen molar-refractivity contribution in [3.8, 4) is 0 Å². The molecule has 0 saturated heterocycles. The van der Waals surface area contributed by atoms with Crippen LogP contribution in [0.15, 0.2) is 22.7 Å². The van der Waals surface area contributed by atoms with Crippen LogP contribution in [0.5, 0.6) is 0 Å². The van der Waals surface area contributed by atoms with Gasteiger partial charge in [-0.2, -0.15) is 0 Å². The largest absolute Gasteiger partial charge is 0.481 e. The Labute approximate surface area is 125 Å². The topological polar surface area (TPSA) is 78.4 Å². The number of carboxylic acids is 1. The zero-order valence-electron chi connectivity index (χ0n) is 11.1. The first-order valence-electron chi connectivity index (χ1n) is 6.53. The Kier molecular flexibility index (Phi) is 4.65. The van der Waals surface area contributed by atoms with Crippen LogP contribution < -0.4 is 10.6 Å². The molecule has 20 heavy (non-hydrogen) atoms. The third-order valence-electron chi connectivity index (χ3n) is 3.45. The van der Waals surface area contributed by atoms with Crippen LogP contribution in [0.3, 0.4) is 0 Å². The highest BCUT2D eigenvalue weighted by Crippen LogP contribution is 2.26. The monoisotopic (exact) mass is 340 g/mol. The molecule has 0 spiro atoms. The van der Waals surface area contributed by atoms with Gasteiger partial charge in [0.15, 0.2) is 0 Å². The fourth-order valence-corrected chi connectivity index (χ4v) is 3.18. The van der Waals surface area contributed by atoms with E-state index in [1.54, 1.807) is 6.07 Å². The Balaban J connectivity index is 1.97. The van der Waals surface area contributed by atoms with E-state index in [0.29, 0.717) is 18.5 Å². The lowest BCUT2D eigenvalue weighted by Gasteiger charge is -2.18. The zero-order chi connectivity index (χ0) is 14.7. The second-order valence-corrected chi connectivity index (χ2v) is 6.01. The zero-order valence-corrected chi connectivity index (χ0v) is 12.7. The molecule has 0 radical (unpaired) electrons. The van der Waals surface area contributed by atoms with Gasteiger partial charge in [-0.05, 0) is 43.5 Å². The number of carbonyl (C=O) groups excluding carboxylic acids is 1. The molecule has 0 aliphatic heterocycles. The molecule has 2 atom stereocenters. The number of carbonyl (C=O) groups is 2. The number of anilines is 1. The molecule has 2 amide bonds. The van der Waals surface area contributed by atoms with Crippen LogP contribution in [0.1, 0.15) is 24.8 Å². The lowest BCUT2D eigenvalue weighted by atomic mass is 10.0. The summed E-state index contributed by atoms with van der Waals surface area (Å²) in [5.74, 6) is -1.32. The molecule has 1 fully saturated rings. The molecule has 108 valence electrons. The number of benzene rings is 1. The molecule has 3 N–H and O–H groups in total. The normalized spacial score (nSPS) is 21.5. The SMILES string of the molecule is Cc1cc(Br)cc(NC(=O)NC2CCCC2C(=O)O)c1. The molecule has 1 saturated carbocycles. The minimum atomic E-state index is -0.842. The first-order valence-corrected chi connectivity index (χ1v) is 7.32. The van der Waals surface area contributed by atoms with Gasteiger partial charge in [0.05, 0.1) is 5.92 Å². The average Bonchev–Trinajstić information content (AvgIpc) is 2.75. The van der Waals surface area contributed by atoms with E-state index >= 15 is 0 Å². The second-order valence-electron chi connectivity index (χ2n) is 5.10. The first-order chi connectivity index (χ1) is 9.45. The van der Waals surface area contributed by atoms with Crippen molar-refractivity contribution in [1.29, 1.82) is 0 Å². The summed E-state index contributed by atoms with van der Waals surface area (Å²) < 4.78 is 0.886. The number of rotatable bonds is 3. The summed E-state index contributed by atoms with van der Waals surface area (Å²) in [6.07, 6.45) is 2.16. The molecule has 1 aliphatic carbocycles. The minimum absolute atomic E-state index is 0.291. The van der Waals surface area contributed by atoms with Crippen molar-refractivity contribution in [2.45, 2.75) is 32.2 Å². The number of aliphatic carboxylic acids is 1. The summed E-state index contributed by atoms with van der Waals surface area (Å²) in [4.78, 5) is 23.0. The van der Waals surface area contributed by atoms with E-state index in [2.05, 4.69) is 26.6 Å². The van der Waals surface area contributed by atoms with Crippen LogP contribution in [0.25, 0.3) is 0 Å². The van der Waals surface area contributed by atoms with Crippen LogP contribution in [0.4, 0.5) is 10.5 Å². The Hall–Kier alpha value is -1.56.